The molecule has 0 radical (unpaired) electrons. The van der Waals surface area contributed by atoms with Crippen LogP contribution in [0.4, 0.5) is 0 Å². The molecule has 25 heavy (non-hydrogen) atoms. The summed E-state index contributed by atoms with van der Waals surface area (Å²) in [7, 11) is 0. The van der Waals surface area contributed by atoms with Crippen LogP contribution in [-0.2, 0) is 4.79 Å². The van der Waals surface area contributed by atoms with Gasteiger partial charge in [0.05, 0.1) is 0 Å². The third-order valence-corrected chi connectivity index (χ3v) is 4.62. The van der Waals surface area contributed by atoms with Crippen LogP contribution in [0.3, 0.4) is 0 Å². The van der Waals surface area contributed by atoms with Gasteiger partial charge >= 0.3 is 5.97 Å². The van der Waals surface area contributed by atoms with E-state index >= 15 is 0 Å². The van der Waals surface area contributed by atoms with Crippen molar-refractivity contribution in [3.63, 3.8) is 0 Å². The Morgan fingerprint density at radius 3 is 2.16 bits per heavy atom. The Morgan fingerprint density at radius 1 is 0.800 bits per heavy atom. The molecule has 0 saturated heterocycles. The molecule has 0 amide bonds. The van der Waals surface area contributed by atoms with Gasteiger partial charge in [0.15, 0.2) is 0 Å². The van der Waals surface area contributed by atoms with E-state index in [4.69, 9.17) is 4.74 Å². The van der Waals surface area contributed by atoms with Crippen LogP contribution < -0.4 is 4.74 Å². The maximum atomic E-state index is 12.0. The van der Waals surface area contributed by atoms with E-state index < -0.39 is 0 Å². The van der Waals surface area contributed by atoms with Crippen molar-refractivity contribution in [2.45, 2.75) is 26.2 Å². The van der Waals surface area contributed by atoms with Gasteiger partial charge in [-0.1, -0.05) is 49.7 Å². The molecule has 0 aliphatic heterocycles. The van der Waals surface area contributed by atoms with E-state index in [9.17, 15) is 4.79 Å². The number of fused-ring (bicyclic) bond motifs is 3. The zero-order valence-corrected chi connectivity index (χ0v) is 14.3. The molecule has 0 heterocycles. The second-order valence-electron chi connectivity index (χ2n) is 6.45. The molecular weight excluding hydrogens is 308 g/mol. The molecule has 0 spiro atoms. The Balaban J connectivity index is 1.83. The molecule has 4 aromatic carbocycles. The molecule has 0 aromatic heterocycles. The predicted molar refractivity (Wildman–Crippen MR) is 104 cm³/mol. The highest BCUT2D eigenvalue weighted by Gasteiger charge is 2.09. The highest BCUT2D eigenvalue weighted by molar-refractivity contribution is 6.06. The zero-order chi connectivity index (χ0) is 17.2. The summed E-state index contributed by atoms with van der Waals surface area (Å²) in [5.41, 5.74) is 0. The summed E-state index contributed by atoms with van der Waals surface area (Å²) in [5, 5.41) is 6.87. The van der Waals surface area contributed by atoms with E-state index in [0.29, 0.717) is 12.2 Å². The fraction of sp³-hybridized carbons (Fsp3) is 0.174. The molecule has 124 valence electrons. The second kappa shape index (κ2) is 6.56. The van der Waals surface area contributed by atoms with Gasteiger partial charge in [-0.3, -0.25) is 4.79 Å². The van der Waals surface area contributed by atoms with Gasteiger partial charge in [0.25, 0.3) is 0 Å². The number of carbonyl (C=O) groups excluding carboxylic acids is 1. The van der Waals surface area contributed by atoms with E-state index in [1.165, 1.54) is 16.2 Å². The quantitative estimate of drug-likeness (QED) is 0.252. The number of benzene rings is 4. The summed E-state index contributed by atoms with van der Waals surface area (Å²) >= 11 is 0. The molecular formula is C23H20O2. The molecule has 0 atom stereocenters. The standard InChI is InChI=1S/C23H20O2/c1-2-3-11-23(24)25-22-10-6-9-18-14-19-12-16-7-4-5-8-17(16)13-20(19)15-21(18)22/h4-10,12-15H,2-3,11H2,1H3. The van der Waals surface area contributed by atoms with Gasteiger partial charge < -0.3 is 4.74 Å². The fourth-order valence-corrected chi connectivity index (χ4v) is 3.27. The molecule has 0 fully saturated rings. The molecule has 0 aliphatic carbocycles. The first-order valence-electron chi connectivity index (χ1n) is 8.80. The Labute approximate surface area is 147 Å². The molecule has 0 unspecified atom stereocenters. The first kappa shape index (κ1) is 15.6. The summed E-state index contributed by atoms with van der Waals surface area (Å²) in [6.07, 6.45) is 2.31. The number of hydrogen-bond donors (Lipinski definition) is 0. The van der Waals surface area contributed by atoms with E-state index in [-0.39, 0.29) is 5.97 Å². The minimum absolute atomic E-state index is 0.159. The van der Waals surface area contributed by atoms with Gasteiger partial charge in [-0.2, -0.15) is 0 Å². The van der Waals surface area contributed by atoms with Crippen LogP contribution in [0.15, 0.2) is 66.7 Å². The normalized spacial score (nSPS) is 11.2. The third-order valence-electron chi connectivity index (χ3n) is 4.62. The lowest BCUT2D eigenvalue weighted by Gasteiger charge is -2.10. The smallest absolute Gasteiger partial charge is 0.311 e. The number of esters is 1. The van der Waals surface area contributed by atoms with E-state index in [2.05, 4.69) is 61.5 Å². The first-order chi connectivity index (χ1) is 12.2. The summed E-state index contributed by atoms with van der Waals surface area (Å²) in [5.74, 6) is 0.488. The largest absolute Gasteiger partial charge is 0.426 e. The number of carbonyl (C=O) groups is 1. The number of ether oxygens (including phenoxy) is 1. The lowest BCUT2D eigenvalue weighted by Crippen LogP contribution is -2.07. The molecule has 4 rings (SSSR count). The molecule has 0 saturated carbocycles. The fourth-order valence-electron chi connectivity index (χ4n) is 3.27. The summed E-state index contributed by atoms with van der Waals surface area (Å²) in [4.78, 5) is 12.0. The van der Waals surface area contributed by atoms with Crippen LogP contribution in [0.1, 0.15) is 26.2 Å². The molecule has 0 bridgehead atoms. The maximum absolute atomic E-state index is 12.0. The third kappa shape index (κ3) is 3.08. The van der Waals surface area contributed by atoms with Crippen molar-refractivity contribution >= 4 is 38.3 Å². The highest BCUT2D eigenvalue weighted by Crippen LogP contribution is 2.32. The van der Waals surface area contributed by atoms with Crippen molar-refractivity contribution in [1.29, 1.82) is 0 Å². The summed E-state index contributed by atoms with van der Waals surface area (Å²) in [6.45, 7) is 2.07. The van der Waals surface area contributed by atoms with E-state index in [0.717, 1.165) is 29.0 Å². The van der Waals surface area contributed by atoms with Crippen molar-refractivity contribution in [2.24, 2.45) is 0 Å². The molecule has 4 aromatic rings. The van der Waals surface area contributed by atoms with E-state index in [1.54, 1.807) is 0 Å². The molecule has 0 N–H and O–H groups in total. The average Bonchev–Trinajstić information content (AvgIpc) is 2.63. The zero-order valence-electron chi connectivity index (χ0n) is 14.3. The molecule has 2 heteroatoms. The molecule has 0 aliphatic rings. The predicted octanol–water partition coefficient (Wildman–Crippen LogP) is 6.24. The average molecular weight is 328 g/mol. The van der Waals surface area contributed by atoms with Gasteiger partial charge in [-0.15, -0.1) is 0 Å². The Morgan fingerprint density at radius 2 is 1.44 bits per heavy atom. The lowest BCUT2D eigenvalue weighted by molar-refractivity contribution is -0.134. The Hall–Kier alpha value is -2.87. The van der Waals surface area contributed by atoms with Gasteiger partial charge in [-0.25, -0.2) is 0 Å². The van der Waals surface area contributed by atoms with Crippen molar-refractivity contribution in [3.05, 3.63) is 66.7 Å². The number of hydrogen-bond acceptors (Lipinski definition) is 2. The minimum Gasteiger partial charge on any atom is -0.426 e. The van der Waals surface area contributed by atoms with Gasteiger partial charge in [0.2, 0.25) is 0 Å². The van der Waals surface area contributed by atoms with Crippen molar-refractivity contribution in [2.75, 3.05) is 0 Å². The molecule has 2 nitrogen and oxygen atoms in total. The van der Waals surface area contributed by atoms with Crippen molar-refractivity contribution in [1.82, 2.24) is 0 Å². The maximum Gasteiger partial charge on any atom is 0.311 e. The van der Waals surface area contributed by atoms with Crippen molar-refractivity contribution < 1.29 is 9.53 Å². The lowest BCUT2D eigenvalue weighted by atomic mass is 9.99. The van der Waals surface area contributed by atoms with Gasteiger partial charge in [0.1, 0.15) is 5.75 Å². The number of rotatable bonds is 4. The Kier molecular flexibility index (Phi) is 4.10. The van der Waals surface area contributed by atoms with Crippen LogP contribution in [0.5, 0.6) is 5.75 Å². The van der Waals surface area contributed by atoms with E-state index in [1.807, 2.05) is 12.1 Å². The number of unbranched alkanes of at least 4 members (excludes halogenated alkanes) is 1. The monoisotopic (exact) mass is 328 g/mol. The topological polar surface area (TPSA) is 26.3 Å². The first-order valence-corrected chi connectivity index (χ1v) is 8.80. The second-order valence-corrected chi connectivity index (χ2v) is 6.45. The van der Waals surface area contributed by atoms with Crippen LogP contribution in [0, 0.1) is 0 Å². The van der Waals surface area contributed by atoms with Gasteiger partial charge in [0, 0.05) is 11.8 Å². The van der Waals surface area contributed by atoms with Gasteiger partial charge in [-0.05, 0) is 63.7 Å². The SMILES string of the molecule is CCCCC(=O)Oc1cccc2cc3cc4ccccc4cc3cc12. The minimum atomic E-state index is -0.159. The summed E-state index contributed by atoms with van der Waals surface area (Å²) < 4.78 is 5.63. The van der Waals surface area contributed by atoms with Crippen LogP contribution in [-0.4, -0.2) is 5.97 Å². The van der Waals surface area contributed by atoms with Crippen LogP contribution in [0.25, 0.3) is 32.3 Å². The van der Waals surface area contributed by atoms with Crippen molar-refractivity contribution in [3.8, 4) is 5.75 Å². The highest BCUT2D eigenvalue weighted by atomic mass is 16.5. The van der Waals surface area contributed by atoms with Crippen LogP contribution in [0.2, 0.25) is 0 Å². The summed E-state index contributed by atoms with van der Waals surface area (Å²) in [6, 6.07) is 22.9. The Bertz CT molecular complexity index is 1080. The van der Waals surface area contributed by atoms with Crippen LogP contribution >= 0.6 is 0 Å².